The molecule has 3 rings (SSSR count). The second-order valence-electron chi connectivity index (χ2n) is 6.28. The number of hydrogen-bond donors (Lipinski definition) is 2. The fourth-order valence-corrected chi connectivity index (χ4v) is 2.76. The van der Waals surface area contributed by atoms with Gasteiger partial charge in [0.15, 0.2) is 0 Å². The van der Waals surface area contributed by atoms with E-state index in [1.54, 1.807) is 10.9 Å². The lowest BCUT2D eigenvalue weighted by Gasteiger charge is -2.27. The summed E-state index contributed by atoms with van der Waals surface area (Å²) in [6, 6.07) is 10.8. The molecule has 2 N–H and O–H groups in total. The second kappa shape index (κ2) is 5.62. The molecule has 4 nitrogen and oxygen atoms in total. The van der Waals surface area contributed by atoms with E-state index in [0.717, 1.165) is 5.56 Å². The first-order valence-corrected chi connectivity index (χ1v) is 7.56. The molecule has 2 atom stereocenters. The Labute approximate surface area is 125 Å². The maximum Gasteiger partial charge on any atom is 0.102 e. The highest BCUT2D eigenvalue weighted by atomic mass is 16.3. The Morgan fingerprint density at radius 1 is 1.38 bits per heavy atom. The minimum Gasteiger partial charge on any atom is -0.384 e. The third kappa shape index (κ3) is 3.34. The zero-order valence-corrected chi connectivity index (χ0v) is 12.7. The number of nitrogens with one attached hydrogen (secondary N) is 1. The van der Waals surface area contributed by atoms with Gasteiger partial charge < -0.3 is 10.4 Å². The second-order valence-corrected chi connectivity index (χ2v) is 6.28. The first-order valence-electron chi connectivity index (χ1n) is 7.56. The molecule has 1 aromatic heterocycles. The zero-order valence-electron chi connectivity index (χ0n) is 12.7. The predicted molar refractivity (Wildman–Crippen MR) is 82.7 cm³/mol. The molecular weight excluding hydrogens is 262 g/mol. The van der Waals surface area contributed by atoms with Crippen molar-refractivity contribution in [1.82, 2.24) is 15.1 Å². The number of hydrogen-bond acceptors (Lipinski definition) is 3. The van der Waals surface area contributed by atoms with Crippen LogP contribution in [0.4, 0.5) is 0 Å². The number of rotatable bonds is 6. The highest BCUT2D eigenvalue weighted by Crippen LogP contribution is 2.41. The van der Waals surface area contributed by atoms with Crippen LogP contribution in [0, 0.1) is 5.92 Å². The summed E-state index contributed by atoms with van der Waals surface area (Å²) >= 11 is 0. The van der Waals surface area contributed by atoms with Crippen molar-refractivity contribution < 1.29 is 5.11 Å². The fraction of sp³-hybridized carbons (Fsp3) is 0.471. The highest BCUT2D eigenvalue weighted by Gasteiger charge is 2.34. The van der Waals surface area contributed by atoms with E-state index < -0.39 is 5.60 Å². The summed E-state index contributed by atoms with van der Waals surface area (Å²) in [6.45, 7) is 2.36. The molecule has 4 heteroatoms. The summed E-state index contributed by atoms with van der Waals surface area (Å²) in [5.74, 6) is 0.692. The van der Waals surface area contributed by atoms with Gasteiger partial charge in [-0.1, -0.05) is 30.3 Å². The molecule has 1 fully saturated rings. The van der Waals surface area contributed by atoms with Gasteiger partial charge in [0, 0.05) is 31.4 Å². The Hall–Kier alpha value is -1.65. The van der Waals surface area contributed by atoms with E-state index in [9.17, 15) is 5.11 Å². The van der Waals surface area contributed by atoms with Crippen LogP contribution in [0.15, 0.2) is 42.7 Å². The minimum atomic E-state index is -0.907. The first-order chi connectivity index (χ1) is 10.1. The van der Waals surface area contributed by atoms with Crippen molar-refractivity contribution in [2.75, 3.05) is 6.54 Å². The first kappa shape index (κ1) is 14.3. The standard InChI is InChI=1S/C17H23N3O/c1-17(21,15-10-19-20(2)11-15)12-18-16(14-8-9-14)13-6-4-3-5-7-13/h3-7,10-11,14,16,18,21H,8-9,12H2,1-2H3. The van der Waals surface area contributed by atoms with Gasteiger partial charge in [-0.25, -0.2) is 0 Å². The number of benzene rings is 1. The average Bonchev–Trinajstić information content (AvgIpc) is 3.20. The van der Waals surface area contributed by atoms with Crippen LogP contribution in [0.1, 0.15) is 36.9 Å². The molecule has 1 heterocycles. The van der Waals surface area contributed by atoms with Crippen LogP contribution >= 0.6 is 0 Å². The van der Waals surface area contributed by atoms with Crippen molar-refractivity contribution in [3.63, 3.8) is 0 Å². The van der Waals surface area contributed by atoms with Gasteiger partial charge in [-0.15, -0.1) is 0 Å². The Kier molecular flexibility index (Phi) is 3.83. The van der Waals surface area contributed by atoms with Crippen molar-refractivity contribution in [2.24, 2.45) is 13.0 Å². The molecule has 0 radical (unpaired) electrons. The summed E-state index contributed by atoms with van der Waals surface area (Å²) in [6.07, 6.45) is 6.13. The van der Waals surface area contributed by atoms with Gasteiger partial charge in [0.2, 0.25) is 0 Å². The molecule has 0 amide bonds. The third-order valence-electron chi connectivity index (χ3n) is 4.25. The van der Waals surface area contributed by atoms with Gasteiger partial charge in [0.25, 0.3) is 0 Å². The average molecular weight is 285 g/mol. The van der Waals surface area contributed by atoms with Crippen LogP contribution in [0.3, 0.4) is 0 Å². The number of aromatic nitrogens is 2. The van der Waals surface area contributed by atoms with Crippen molar-refractivity contribution in [3.8, 4) is 0 Å². The van der Waals surface area contributed by atoms with Gasteiger partial charge in [-0.05, 0) is 31.2 Å². The quantitative estimate of drug-likeness (QED) is 0.856. The van der Waals surface area contributed by atoms with Crippen LogP contribution < -0.4 is 5.32 Å². The Balaban J connectivity index is 1.70. The molecule has 0 spiro atoms. The maximum atomic E-state index is 10.7. The molecule has 1 aromatic carbocycles. The molecule has 112 valence electrons. The lowest BCUT2D eigenvalue weighted by atomic mass is 9.97. The van der Waals surface area contributed by atoms with Gasteiger partial charge in [0.1, 0.15) is 5.60 Å². The van der Waals surface area contributed by atoms with Crippen LogP contribution in [0.5, 0.6) is 0 Å². The van der Waals surface area contributed by atoms with Crippen molar-refractivity contribution >= 4 is 0 Å². The minimum absolute atomic E-state index is 0.328. The predicted octanol–water partition coefficient (Wildman–Crippen LogP) is 2.37. The molecule has 0 bridgehead atoms. The van der Waals surface area contributed by atoms with E-state index in [1.807, 2.05) is 26.2 Å². The Bertz CT molecular complexity index is 587. The normalized spacial score (nSPS) is 19.2. The van der Waals surface area contributed by atoms with Crippen LogP contribution in [0.25, 0.3) is 0 Å². The van der Waals surface area contributed by atoms with Crippen LogP contribution in [0.2, 0.25) is 0 Å². The Morgan fingerprint density at radius 2 is 2.10 bits per heavy atom. The number of aliphatic hydroxyl groups is 1. The van der Waals surface area contributed by atoms with E-state index >= 15 is 0 Å². The molecule has 0 saturated heterocycles. The highest BCUT2D eigenvalue weighted by molar-refractivity contribution is 5.22. The molecule has 1 saturated carbocycles. The topological polar surface area (TPSA) is 50.1 Å². The van der Waals surface area contributed by atoms with Crippen LogP contribution in [-0.2, 0) is 12.6 Å². The molecule has 1 aliphatic carbocycles. The summed E-state index contributed by atoms with van der Waals surface area (Å²) in [5, 5.41) is 18.4. The summed E-state index contributed by atoms with van der Waals surface area (Å²) in [4.78, 5) is 0. The van der Waals surface area contributed by atoms with Gasteiger partial charge in [0.05, 0.1) is 6.20 Å². The number of nitrogens with zero attached hydrogens (tertiary/aromatic N) is 2. The molecule has 21 heavy (non-hydrogen) atoms. The molecule has 2 aromatic rings. The largest absolute Gasteiger partial charge is 0.384 e. The summed E-state index contributed by atoms with van der Waals surface area (Å²) in [7, 11) is 1.87. The number of aryl methyl sites for hydroxylation is 1. The van der Waals surface area contributed by atoms with Crippen LogP contribution in [-0.4, -0.2) is 21.4 Å². The van der Waals surface area contributed by atoms with Crippen molar-refractivity contribution in [2.45, 2.75) is 31.4 Å². The van der Waals surface area contributed by atoms with Crippen molar-refractivity contribution in [1.29, 1.82) is 0 Å². The van der Waals surface area contributed by atoms with Gasteiger partial charge in [-0.3, -0.25) is 4.68 Å². The molecular formula is C17H23N3O. The van der Waals surface area contributed by atoms with E-state index in [-0.39, 0.29) is 0 Å². The maximum absolute atomic E-state index is 10.7. The van der Waals surface area contributed by atoms with Gasteiger partial charge >= 0.3 is 0 Å². The monoisotopic (exact) mass is 285 g/mol. The van der Waals surface area contributed by atoms with Gasteiger partial charge in [-0.2, -0.15) is 5.10 Å². The van der Waals surface area contributed by atoms with E-state index in [1.165, 1.54) is 18.4 Å². The smallest absolute Gasteiger partial charge is 0.102 e. The molecule has 1 aliphatic rings. The zero-order chi connectivity index (χ0) is 14.9. The third-order valence-corrected chi connectivity index (χ3v) is 4.25. The molecule has 0 aliphatic heterocycles. The van der Waals surface area contributed by atoms with Crippen molar-refractivity contribution in [3.05, 3.63) is 53.9 Å². The molecule has 2 unspecified atom stereocenters. The van der Waals surface area contributed by atoms with E-state index in [0.29, 0.717) is 18.5 Å². The lowest BCUT2D eigenvalue weighted by molar-refractivity contribution is 0.0528. The SMILES string of the molecule is Cn1cc(C(C)(O)CNC(c2ccccc2)C2CC2)cn1. The lowest BCUT2D eigenvalue weighted by Crippen LogP contribution is -2.37. The van der Waals surface area contributed by atoms with E-state index in [4.69, 9.17) is 0 Å². The summed E-state index contributed by atoms with van der Waals surface area (Å²) < 4.78 is 1.72. The summed E-state index contributed by atoms with van der Waals surface area (Å²) in [5.41, 5.74) is 1.25. The van der Waals surface area contributed by atoms with E-state index in [2.05, 4.69) is 34.7 Å². The Morgan fingerprint density at radius 3 is 2.67 bits per heavy atom. The fourth-order valence-electron chi connectivity index (χ4n) is 2.76.